The maximum Gasteiger partial charge on any atom is 0.257 e. The van der Waals surface area contributed by atoms with Gasteiger partial charge in [-0.1, -0.05) is 12.5 Å². The van der Waals surface area contributed by atoms with E-state index in [0.717, 1.165) is 31.2 Å². The summed E-state index contributed by atoms with van der Waals surface area (Å²) in [5.41, 5.74) is 1.11. The lowest BCUT2D eigenvalue weighted by molar-refractivity contribution is -0.143. The van der Waals surface area contributed by atoms with Crippen LogP contribution in [-0.4, -0.2) is 68.7 Å². The average Bonchev–Trinajstić information content (AvgIpc) is 3.42. The Morgan fingerprint density at radius 1 is 1.14 bits per heavy atom. The second-order valence-corrected chi connectivity index (χ2v) is 8.39. The van der Waals surface area contributed by atoms with Crippen molar-refractivity contribution in [2.75, 3.05) is 20.2 Å². The fourth-order valence-electron chi connectivity index (χ4n) is 5.08. The molecule has 0 aromatic carbocycles. The van der Waals surface area contributed by atoms with Crippen molar-refractivity contribution in [2.24, 2.45) is 7.05 Å². The number of rotatable bonds is 4. The van der Waals surface area contributed by atoms with Crippen LogP contribution in [-0.2, 0) is 17.3 Å². The zero-order valence-electron chi connectivity index (χ0n) is 16.7. The van der Waals surface area contributed by atoms with Gasteiger partial charge in [-0.15, -0.1) is 0 Å². The Bertz CT molecular complexity index is 949. The average molecular weight is 395 g/mol. The normalized spacial score (nSPS) is 24.5. The fraction of sp³-hybridized carbons (Fsp3) is 0.524. The van der Waals surface area contributed by atoms with Gasteiger partial charge in [-0.2, -0.15) is 5.10 Å². The van der Waals surface area contributed by atoms with Crippen molar-refractivity contribution in [2.45, 2.75) is 43.2 Å². The van der Waals surface area contributed by atoms with Crippen LogP contribution >= 0.6 is 0 Å². The molecule has 3 fully saturated rings. The Kier molecular flexibility index (Phi) is 4.11. The predicted molar refractivity (Wildman–Crippen MR) is 104 cm³/mol. The number of likely N-dealkylation sites (tertiary alicyclic amines) is 2. The van der Waals surface area contributed by atoms with Crippen molar-refractivity contribution in [1.29, 1.82) is 0 Å². The first kappa shape index (κ1) is 18.1. The molecule has 0 spiro atoms. The summed E-state index contributed by atoms with van der Waals surface area (Å²) in [7, 11) is 3.39. The van der Waals surface area contributed by atoms with Gasteiger partial charge in [0.2, 0.25) is 11.8 Å². The number of fused-ring (bicyclic) bond motifs is 2. The largest absolute Gasteiger partial charge is 0.481 e. The highest BCUT2D eigenvalue weighted by atomic mass is 16.5. The number of amides is 2. The van der Waals surface area contributed by atoms with Crippen LogP contribution in [0.5, 0.6) is 5.88 Å². The van der Waals surface area contributed by atoms with E-state index in [1.165, 1.54) is 0 Å². The number of carbonyl (C=O) groups excluding carboxylic acids is 2. The highest BCUT2D eigenvalue weighted by Gasteiger charge is 2.54. The third-order valence-electron chi connectivity index (χ3n) is 6.83. The van der Waals surface area contributed by atoms with E-state index in [1.807, 2.05) is 21.9 Å². The maximum absolute atomic E-state index is 13.6. The standard InChI is InChI=1S/C21H25N5O3/c1-24-11-14(9-23-24)19(27)25-12-17-8-16(25)13-26(17)20(28)21(6-3-7-21)15-4-5-18(29-2)22-10-15/h4-5,9-11,16-17H,3,6-8,12-13H2,1-2H3/t16-,17-/m0/s1. The zero-order valence-corrected chi connectivity index (χ0v) is 16.7. The molecule has 2 aliphatic heterocycles. The van der Waals surface area contributed by atoms with Crippen LogP contribution < -0.4 is 4.74 Å². The van der Waals surface area contributed by atoms with Crippen LogP contribution in [0.1, 0.15) is 41.6 Å². The number of piperazine rings is 1. The van der Waals surface area contributed by atoms with Gasteiger partial charge >= 0.3 is 0 Å². The monoisotopic (exact) mass is 395 g/mol. The van der Waals surface area contributed by atoms with Crippen LogP contribution in [0.4, 0.5) is 0 Å². The van der Waals surface area contributed by atoms with E-state index in [9.17, 15) is 9.59 Å². The summed E-state index contributed by atoms with van der Waals surface area (Å²) in [5.74, 6) is 0.757. The van der Waals surface area contributed by atoms with Gasteiger partial charge in [-0.3, -0.25) is 14.3 Å². The molecule has 0 radical (unpaired) electrons. The first-order valence-electron chi connectivity index (χ1n) is 10.1. The van der Waals surface area contributed by atoms with E-state index in [1.54, 1.807) is 37.4 Å². The molecule has 29 heavy (non-hydrogen) atoms. The summed E-state index contributed by atoms with van der Waals surface area (Å²) in [6, 6.07) is 3.97. The zero-order chi connectivity index (χ0) is 20.2. The molecule has 8 nitrogen and oxygen atoms in total. The fourth-order valence-corrected chi connectivity index (χ4v) is 5.08. The number of hydrogen-bond donors (Lipinski definition) is 0. The lowest BCUT2D eigenvalue weighted by Gasteiger charge is -2.45. The van der Waals surface area contributed by atoms with Gasteiger partial charge in [0.15, 0.2) is 0 Å². The molecule has 0 unspecified atom stereocenters. The molecule has 2 bridgehead atoms. The summed E-state index contributed by atoms with van der Waals surface area (Å²) in [6.07, 6.45) is 8.75. The molecule has 2 atom stereocenters. The quantitative estimate of drug-likeness (QED) is 0.781. The van der Waals surface area contributed by atoms with E-state index >= 15 is 0 Å². The second-order valence-electron chi connectivity index (χ2n) is 8.39. The number of hydrogen-bond acceptors (Lipinski definition) is 5. The Morgan fingerprint density at radius 3 is 2.41 bits per heavy atom. The number of pyridine rings is 1. The first-order valence-corrected chi connectivity index (χ1v) is 10.1. The Balaban J connectivity index is 1.32. The third-order valence-corrected chi connectivity index (χ3v) is 6.83. The van der Waals surface area contributed by atoms with Crippen molar-refractivity contribution in [3.05, 3.63) is 41.9 Å². The van der Waals surface area contributed by atoms with Gasteiger partial charge < -0.3 is 14.5 Å². The number of carbonyl (C=O) groups is 2. The third kappa shape index (κ3) is 2.73. The van der Waals surface area contributed by atoms with Crippen LogP contribution in [0.15, 0.2) is 30.7 Å². The number of methoxy groups -OCH3 is 1. The van der Waals surface area contributed by atoms with Crippen molar-refractivity contribution in [3.63, 3.8) is 0 Å². The van der Waals surface area contributed by atoms with Crippen LogP contribution in [0.2, 0.25) is 0 Å². The second kappa shape index (κ2) is 6.57. The highest BCUT2D eigenvalue weighted by Crippen LogP contribution is 2.47. The summed E-state index contributed by atoms with van der Waals surface area (Å²) in [5, 5.41) is 4.10. The topological polar surface area (TPSA) is 80.6 Å². The molecule has 152 valence electrons. The Morgan fingerprint density at radius 2 is 1.90 bits per heavy atom. The Labute approximate surface area is 169 Å². The lowest BCUT2D eigenvalue weighted by Crippen LogP contribution is -2.57. The van der Waals surface area contributed by atoms with Crippen LogP contribution in [0, 0.1) is 0 Å². The molecule has 3 aliphatic rings. The van der Waals surface area contributed by atoms with Crippen molar-refractivity contribution in [1.82, 2.24) is 24.6 Å². The molecule has 1 saturated carbocycles. The van der Waals surface area contributed by atoms with Gasteiger partial charge in [-0.05, 0) is 24.8 Å². The molecule has 2 saturated heterocycles. The number of aryl methyl sites for hydroxylation is 1. The molecular formula is C21H25N5O3. The van der Waals surface area contributed by atoms with Gasteiger partial charge in [0.25, 0.3) is 5.91 Å². The van der Waals surface area contributed by atoms with Crippen molar-refractivity contribution in [3.8, 4) is 5.88 Å². The SMILES string of the molecule is COc1ccc(C2(C(=O)N3C[C@@H]4C[C@H]3CN4C(=O)c3cnn(C)c3)CCC2)cn1. The van der Waals surface area contributed by atoms with Gasteiger partial charge in [0, 0.05) is 38.6 Å². The molecule has 5 rings (SSSR count). The molecule has 8 heteroatoms. The van der Waals surface area contributed by atoms with Crippen LogP contribution in [0.25, 0.3) is 0 Å². The molecular weight excluding hydrogens is 370 g/mol. The minimum atomic E-state index is -0.470. The molecule has 1 aliphatic carbocycles. The van der Waals surface area contributed by atoms with Gasteiger partial charge in [-0.25, -0.2) is 4.98 Å². The summed E-state index contributed by atoms with van der Waals surface area (Å²) in [6.45, 7) is 1.21. The van der Waals surface area contributed by atoms with Crippen LogP contribution in [0.3, 0.4) is 0 Å². The number of nitrogens with zero attached hydrogens (tertiary/aromatic N) is 5. The minimum absolute atomic E-state index is 0.00964. The van der Waals surface area contributed by atoms with Gasteiger partial charge in [0.1, 0.15) is 0 Å². The maximum atomic E-state index is 13.6. The molecule has 2 amide bonds. The van der Waals surface area contributed by atoms with E-state index in [4.69, 9.17) is 4.74 Å². The summed E-state index contributed by atoms with van der Waals surface area (Å²) in [4.78, 5) is 34.7. The van der Waals surface area contributed by atoms with Crippen molar-refractivity contribution < 1.29 is 14.3 Å². The van der Waals surface area contributed by atoms with E-state index in [0.29, 0.717) is 24.5 Å². The first-order chi connectivity index (χ1) is 14.0. The molecule has 4 heterocycles. The highest BCUT2D eigenvalue weighted by molar-refractivity contribution is 5.95. The van der Waals surface area contributed by atoms with Crippen molar-refractivity contribution >= 4 is 11.8 Å². The van der Waals surface area contributed by atoms with E-state index in [2.05, 4.69) is 10.1 Å². The summed E-state index contributed by atoms with van der Waals surface area (Å²) >= 11 is 0. The molecule has 0 N–H and O–H groups in total. The molecule has 2 aromatic rings. The number of aromatic nitrogens is 3. The molecule has 2 aromatic heterocycles. The van der Waals surface area contributed by atoms with E-state index < -0.39 is 5.41 Å². The smallest absolute Gasteiger partial charge is 0.257 e. The number of ether oxygens (including phenoxy) is 1. The Hall–Kier alpha value is -2.90. The summed E-state index contributed by atoms with van der Waals surface area (Å²) < 4.78 is 6.80. The van der Waals surface area contributed by atoms with E-state index in [-0.39, 0.29) is 23.9 Å². The van der Waals surface area contributed by atoms with Gasteiger partial charge in [0.05, 0.1) is 36.4 Å². The lowest BCUT2D eigenvalue weighted by atomic mass is 9.63. The predicted octanol–water partition coefficient (Wildman–Crippen LogP) is 1.37. The minimum Gasteiger partial charge on any atom is -0.481 e.